The summed E-state index contributed by atoms with van der Waals surface area (Å²) in [6.45, 7) is 1.98. The first-order valence-corrected chi connectivity index (χ1v) is 12.9. The molecule has 1 spiro atoms. The summed E-state index contributed by atoms with van der Waals surface area (Å²) in [6.07, 6.45) is 7.49. The lowest BCUT2D eigenvalue weighted by Crippen LogP contribution is -2.59. The molecule has 1 N–H and O–H groups in total. The van der Waals surface area contributed by atoms with Gasteiger partial charge in [-0.25, -0.2) is 4.79 Å². The van der Waals surface area contributed by atoms with Crippen molar-refractivity contribution in [3.05, 3.63) is 71.8 Å². The normalized spacial score (nSPS) is 28.5. The highest BCUT2D eigenvalue weighted by Gasteiger charge is 2.56. The summed E-state index contributed by atoms with van der Waals surface area (Å²) in [5.41, 5.74) is 1.73. The minimum absolute atomic E-state index is 0.00788. The van der Waals surface area contributed by atoms with Gasteiger partial charge in [-0.2, -0.15) is 0 Å². The Labute approximate surface area is 204 Å². The molecule has 182 valence electrons. The maximum Gasteiger partial charge on any atom is 0.320 e. The Bertz CT molecular complexity index is 979. The first-order valence-electron chi connectivity index (χ1n) is 12.9. The second-order valence-corrected chi connectivity index (χ2v) is 11.1. The number of nitrogens with zero attached hydrogens (tertiary/aromatic N) is 3. The molecule has 0 radical (unpaired) electrons. The van der Waals surface area contributed by atoms with Crippen LogP contribution in [0.4, 0.5) is 4.79 Å². The van der Waals surface area contributed by atoms with E-state index in [2.05, 4.69) is 83.4 Å². The highest BCUT2D eigenvalue weighted by atomic mass is 16.3. The SMILES string of the molecule is CN(C)[C@]1(c2ccccc2)CC[C@@]2(CC1)CN(CCc1ccccc1)C(=O)N2CC1(O)CCC1. The molecule has 5 heteroatoms. The molecule has 0 aromatic heterocycles. The molecule has 2 aromatic carbocycles. The zero-order valence-corrected chi connectivity index (χ0v) is 20.7. The second-order valence-electron chi connectivity index (χ2n) is 11.1. The first kappa shape index (κ1) is 23.4. The lowest BCUT2D eigenvalue weighted by molar-refractivity contribution is -0.0725. The second kappa shape index (κ2) is 9.01. The lowest BCUT2D eigenvalue weighted by Gasteiger charge is -2.52. The maximum atomic E-state index is 13.7. The maximum absolute atomic E-state index is 13.7. The van der Waals surface area contributed by atoms with Gasteiger partial charge in [0, 0.05) is 18.6 Å². The van der Waals surface area contributed by atoms with Crippen LogP contribution in [-0.4, -0.2) is 70.7 Å². The van der Waals surface area contributed by atoms with Crippen molar-refractivity contribution in [3.8, 4) is 0 Å². The fourth-order valence-electron chi connectivity index (χ4n) is 6.54. The molecular weight excluding hydrogens is 422 g/mol. The van der Waals surface area contributed by atoms with Crippen molar-refractivity contribution in [2.45, 2.75) is 68.0 Å². The van der Waals surface area contributed by atoms with Gasteiger partial charge in [0.2, 0.25) is 0 Å². The van der Waals surface area contributed by atoms with E-state index in [1.807, 2.05) is 6.07 Å². The number of hydrogen-bond acceptors (Lipinski definition) is 3. The molecule has 1 heterocycles. The third-order valence-corrected chi connectivity index (χ3v) is 8.98. The Kier molecular flexibility index (Phi) is 6.19. The van der Waals surface area contributed by atoms with E-state index in [0.717, 1.165) is 64.5 Å². The van der Waals surface area contributed by atoms with Crippen LogP contribution in [0.1, 0.15) is 56.1 Å². The quantitative estimate of drug-likeness (QED) is 0.653. The summed E-state index contributed by atoms with van der Waals surface area (Å²) < 4.78 is 0. The molecular formula is C29H39N3O2. The smallest absolute Gasteiger partial charge is 0.320 e. The molecule has 2 saturated carbocycles. The van der Waals surface area contributed by atoms with Crippen molar-refractivity contribution >= 4 is 6.03 Å². The summed E-state index contributed by atoms with van der Waals surface area (Å²) in [5.74, 6) is 0. The van der Waals surface area contributed by atoms with Crippen molar-refractivity contribution in [3.63, 3.8) is 0 Å². The molecule has 3 aliphatic rings. The van der Waals surface area contributed by atoms with Crippen LogP contribution in [0.2, 0.25) is 0 Å². The number of carbonyl (C=O) groups is 1. The minimum Gasteiger partial charge on any atom is -0.388 e. The number of benzene rings is 2. The monoisotopic (exact) mass is 461 g/mol. The largest absolute Gasteiger partial charge is 0.388 e. The number of urea groups is 1. The van der Waals surface area contributed by atoms with Gasteiger partial charge in [0.1, 0.15) is 0 Å². The Morgan fingerprint density at radius 2 is 1.50 bits per heavy atom. The molecule has 3 fully saturated rings. The average molecular weight is 462 g/mol. The summed E-state index contributed by atoms with van der Waals surface area (Å²) in [5, 5.41) is 11.0. The highest BCUT2D eigenvalue weighted by molar-refractivity contribution is 5.78. The predicted octanol–water partition coefficient (Wildman–Crippen LogP) is 4.65. The van der Waals surface area contributed by atoms with E-state index in [1.54, 1.807) is 0 Å². The first-order chi connectivity index (χ1) is 16.4. The molecule has 1 saturated heterocycles. The van der Waals surface area contributed by atoms with E-state index in [4.69, 9.17) is 0 Å². The third kappa shape index (κ3) is 4.14. The topological polar surface area (TPSA) is 47.0 Å². The summed E-state index contributed by atoms with van der Waals surface area (Å²) >= 11 is 0. The van der Waals surface area contributed by atoms with Gasteiger partial charge in [0.05, 0.1) is 17.7 Å². The van der Waals surface area contributed by atoms with Crippen LogP contribution < -0.4 is 0 Å². The molecule has 2 amide bonds. The van der Waals surface area contributed by atoms with Crippen molar-refractivity contribution in [2.24, 2.45) is 0 Å². The van der Waals surface area contributed by atoms with Gasteiger partial charge in [-0.3, -0.25) is 4.90 Å². The van der Waals surface area contributed by atoms with Crippen molar-refractivity contribution in [1.82, 2.24) is 14.7 Å². The molecule has 34 heavy (non-hydrogen) atoms. The van der Waals surface area contributed by atoms with Crippen LogP contribution in [0.5, 0.6) is 0 Å². The zero-order valence-electron chi connectivity index (χ0n) is 20.7. The van der Waals surface area contributed by atoms with Crippen LogP contribution in [0.15, 0.2) is 60.7 Å². The Hall–Kier alpha value is -2.37. The van der Waals surface area contributed by atoms with E-state index in [1.165, 1.54) is 11.1 Å². The van der Waals surface area contributed by atoms with E-state index >= 15 is 0 Å². The highest BCUT2D eigenvalue weighted by Crippen LogP contribution is 2.50. The molecule has 2 aromatic rings. The van der Waals surface area contributed by atoms with Crippen molar-refractivity contribution < 1.29 is 9.90 Å². The van der Waals surface area contributed by atoms with Gasteiger partial charge < -0.3 is 14.9 Å². The molecule has 0 atom stereocenters. The fourth-order valence-corrected chi connectivity index (χ4v) is 6.54. The van der Waals surface area contributed by atoms with Gasteiger partial charge in [-0.1, -0.05) is 60.7 Å². The Morgan fingerprint density at radius 1 is 0.882 bits per heavy atom. The molecule has 5 rings (SSSR count). The number of aliphatic hydroxyl groups is 1. The number of hydrogen-bond donors (Lipinski definition) is 1. The van der Waals surface area contributed by atoms with Gasteiger partial charge >= 0.3 is 6.03 Å². The van der Waals surface area contributed by atoms with Gasteiger partial charge in [-0.15, -0.1) is 0 Å². The summed E-state index contributed by atoms with van der Waals surface area (Å²) in [6, 6.07) is 21.4. The van der Waals surface area contributed by atoms with Crippen molar-refractivity contribution in [2.75, 3.05) is 33.7 Å². The van der Waals surface area contributed by atoms with Gasteiger partial charge in [0.25, 0.3) is 0 Å². The van der Waals surface area contributed by atoms with E-state index in [9.17, 15) is 9.90 Å². The number of amides is 2. The predicted molar refractivity (Wildman–Crippen MR) is 136 cm³/mol. The van der Waals surface area contributed by atoms with E-state index < -0.39 is 5.60 Å². The zero-order chi connectivity index (χ0) is 23.8. The average Bonchev–Trinajstić information content (AvgIpc) is 3.09. The lowest BCUT2D eigenvalue weighted by atomic mass is 9.67. The summed E-state index contributed by atoms with van der Waals surface area (Å²) in [7, 11) is 4.37. The van der Waals surface area contributed by atoms with E-state index in [0.29, 0.717) is 6.54 Å². The van der Waals surface area contributed by atoms with Crippen LogP contribution >= 0.6 is 0 Å². The van der Waals surface area contributed by atoms with E-state index in [-0.39, 0.29) is 17.1 Å². The molecule has 0 unspecified atom stereocenters. The Balaban J connectivity index is 1.38. The summed E-state index contributed by atoms with van der Waals surface area (Å²) in [4.78, 5) is 20.2. The van der Waals surface area contributed by atoms with Gasteiger partial charge in [-0.05, 0) is 76.6 Å². The number of carbonyl (C=O) groups excluding carboxylic acids is 1. The standard InChI is InChI=1S/C29H39N3O2/c1-30(2)29(25-12-7-4-8-13-25)19-17-27(18-20-29)22-31(21-14-24-10-5-3-6-11-24)26(33)32(27)23-28(34)15-9-16-28/h3-8,10-13,34H,9,14-23H2,1-2H3/t27-,29-. The molecule has 1 aliphatic heterocycles. The molecule has 0 bridgehead atoms. The van der Waals surface area contributed by atoms with Crippen molar-refractivity contribution in [1.29, 1.82) is 0 Å². The molecule has 2 aliphatic carbocycles. The van der Waals surface area contributed by atoms with Crippen LogP contribution in [-0.2, 0) is 12.0 Å². The Morgan fingerprint density at radius 3 is 2.06 bits per heavy atom. The fraction of sp³-hybridized carbons (Fsp3) is 0.552. The minimum atomic E-state index is -0.701. The van der Waals surface area contributed by atoms with Crippen LogP contribution in [0.25, 0.3) is 0 Å². The third-order valence-electron chi connectivity index (χ3n) is 8.98. The molecule has 5 nitrogen and oxygen atoms in total. The van der Waals surface area contributed by atoms with Crippen LogP contribution in [0, 0.1) is 0 Å². The number of β-amino-alcohol motifs (C(OH)–C–C–N with tert-alkyl or cyclic N) is 1. The number of rotatable bonds is 7. The van der Waals surface area contributed by atoms with Gasteiger partial charge in [0.15, 0.2) is 0 Å². The van der Waals surface area contributed by atoms with Crippen LogP contribution in [0.3, 0.4) is 0 Å².